The lowest BCUT2D eigenvalue weighted by atomic mass is 10.0. The van der Waals surface area contributed by atoms with Gasteiger partial charge in [-0.25, -0.2) is 0 Å². The topological polar surface area (TPSA) is 82.4 Å². The second kappa shape index (κ2) is 50.5. The highest BCUT2D eigenvalue weighted by molar-refractivity contribution is 5.76. The standard InChI is InChI=1S/C50H105N5O/c1-3-5-7-9-11-13-15-17-19-21-23-25-27-29-31-35-48-55(49-36-32-30-28-26-24-22-20-18-16-14-12-10-8-6-4-2)50(56)40-37-44-54-47-39-46-53-43-34-33-42-52-45-38-41-51/h52-54H,3-49,51H2,1-2H3. The number of nitrogens with zero attached hydrogens (tertiary/aromatic N) is 1. The van der Waals surface area contributed by atoms with Crippen molar-refractivity contribution < 1.29 is 4.79 Å². The van der Waals surface area contributed by atoms with E-state index < -0.39 is 0 Å². The number of amides is 1. The van der Waals surface area contributed by atoms with Crippen LogP contribution in [-0.4, -0.2) is 69.7 Å². The Balaban J connectivity index is 4.08. The zero-order valence-electron chi connectivity index (χ0n) is 38.7. The van der Waals surface area contributed by atoms with Gasteiger partial charge in [-0.3, -0.25) is 4.79 Å². The Morgan fingerprint density at radius 2 is 0.607 bits per heavy atom. The maximum atomic E-state index is 13.3. The van der Waals surface area contributed by atoms with Gasteiger partial charge in [0.05, 0.1) is 0 Å². The molecule has 336 valence electrons. The Kier molecular flexibility index (Phi) is 49.8. The first-order chi connectivity index (χ1) is 27.8. The summed E-state index contributed by atoms with van der Waals surface area (Å²) in [5.41, 5.74) is 5.54. The normalized spacial score (nSPS) is 11.6. The minimum Gasteiger partial charge on any atom is -0.343 e. The maximum absolute atomic E-state index is 13.3. The molecule has 0 saturated heterocycles. The van der Waals surface area contributed by atoms with Crippen LogP contribution in [0.1, 0.15) is 258 Å². The molecule has 1 amide bonds. The highest BCUT2D eigenvalue weighted by Gasteiger charge is 2.12. The molecule has 0 heterocycles. The molecule has 6 nitrogen and oxygen atoms in total. The van der Waals surface area contributed by atoms with Gasteiger partial charge in [0.15, 0.2) is 0 Å². The number of hydrogen-bond acceptors (Lipinski definition) is 5. The zero-order chi connectivity index (χ0) is 40.5. The second-order valence-corrected chi connectivity index (χ2v) is 17.5. The van der Waals surface area contributed by atoms with Crippen molar-refractivity contribution >= 4 is 5.91 Å². The van der Waals surface area contributed by atoms with Crippen LogP contribution in [0.5, 0.6) is 0 Å². The summed E-state index contributed by atoms with van der Waals surface area (Å²) in [6.07, 6.45) is 50.9. The van der Waals surface area contributed by atoms with E-state index in [0.717, 1.165) is 78.2 Å². The second-order valence-electron chi connectivity index (χ2n) is 17.5. The number of carbonyl (C=O) groups excluding carboxylic acids is 1. The number of hydrogen-bond donors (Lipinski definition) is 4. The lowest BCUT2D eigenvalue weighted by Crippen LogP contribution is -2.33. The molecule has 0 aromatic rings. The lowest BCUT2D eigenvalue weighted by molar-refractivity contribution is -0.131. The van der Waals surface area contributed by atoms with Crippen LogP contribution >= 0.6 is 0 Å². The third kappa shape index (κ3) is 46.0. The summed E-state index contributed by atoms with van der Waals surface area (Å²) in [5.74, 6) is 0.396. The Hall–Kier alpha value is -0.690. The summed E-state index contributed by atoms with van der Waals surface area (Å²) in [5, 5.41) is 10.6. The molecule has 0 rings (SSSR count). The smallest absolute Gasteiger partial charge is 0.222 e. The van der Waals surface area contributed by atoms with Crippen LogP contribution in [0.3, 0.4) is 0 Å². The van der Waals surface area contributed by atoms with Crippen molar-refractivity contribution in [1.29, 1.82) is 0 Å². The molecule has 0 aliphatic heterocycles. The molecule has 0 spiro atoms. The first-order valence-electron chi connectivity index (χ1n) is 25.9. The fourth-order valence-corrected chi connectivity index (χ4v) is 8.03. The molecular weight excluding hydrogens is 687 g/mol. The third-order valence-electron chi connectivity index (χ3n) is 11.9. The van der Waals surface area contributed by atoms with Gasteiger partial charge in [0.2, 0.25) is 5.91 Å². The van der Waals surface area contributed by atoms with Crippen LogP contribution in [0.2, 0.25) is 0 Å². The van der Waals surface area contributed by atoms with Gasteiger partial charge in [0, 0.05) is 19.5 Å². The average Bonchev–Trinajstić information content (AvgIpc) is 3.21. The van der Waals surface area contributed by atoms with Crippen LogP contribution in [-0.2, 0) is 4.79 Å². The first kappa shape index (κ1) is 55.3. The molecule has 56 heavy (non-hydrogen) atoms. The van der Waals surface area contributed by atoms with Crippen molar-refractivity contribution in [2.45, 2.75) is 258 Å². The van der Waals surface area contributed by atoms with Crippen LogP contribution in [0.25, 0.3) is 0 Å². The van der Waals surface area contributed by atoms with Gasteiger partial charge in [0.1, 0.15) is 0 Å². The predicted molar refractivity (Wildman–Crippen MR) is 251 cm³/mol. The highest BCUT2D eigenvalue weighted by atomic mass is 16.2. The van der Waals surface area contributed by atoms with E-state index in [4.69, 9.17) is 5.73 Å². The average molecular weight is 792 g/mol. The Labute approximate surface area is 353 Å². The van der Waals surface area contributed by atoms with Gasteiger partial charge < -0.3 is 26.6 Å². The molecule has 0 aliphatic carbocycles. The van der Waals surface area contributed by atoms with Gasteiger partial charge in [-0.1, -0.05) is 206 Å². The molecule has 0 fully saturated rings. The van der Waals surface area contributed by atoms with Crippen molar-refractivity contribution in [3.8, 4) is 0 Å². The van der Waals surface area contributed by atoms with E-state index in [1.54, 1.807) is 0 Å². The lowest BCUT2D eigenvalue weighted by Gasteiger charge is -2.23. The van der Waals surface area contributed by atoms with E-state index in [1.807, 2.05) is 0 Å². The molecule has 6 heteroatoms. The zero-order valence-corrected chi connectivity index (χ0v) is 38.7. The van der Waals surface area contributed by atoms with Gasteiger partial charge in [-0.15, -0.1) is 0 Å². The van der Waals surface area contributed by atoms with E-state index in [-0.39, 0.29) is 0 Å². The number of carbonyl (C=O) groups is 1. The van der Waals surface area contributed by atoms with Crippen molar-refractivity contribution in [3.63, 3.8) is 0 Å². The molecule has 0 radical (unpaired) electrons. The van der Waals surface area contributed by atoms with Gasteiger partial charge in [0.25, 0.3) is 0 Å². The first-order valence-corrected chi connectivity index (χ1v) is 25.9. The van der Waals surface area contributed by atoms with E-state index in [2.05, 4.69) is 34.7 Å². The summed E-state index contributed by atoms with van der Waals surface area (Å²) >= 11 is 0. The summed E-state index contributed by atoms with van der Waals surface area (Å²) in [7, 11) is 0. The predicted octanol–water partition coefficient (Wildman–Crippen LogP) is 13.4. The SMILES string of the molecule is CCCCCCCCCCCCCCCCCCN(CCCCCCCCCCCCCCCCCC)C(=O)CCCNCCCNCCCCNCCCN. The molecule has 5 N–H and O–H groups in total. The Morgan fingerprint density at radius 1 is 0.339 bits per heavy atom. The molecule has 0 aromatic heterocycles. The maximum Gasteiger partial charge on any atom is 0.222 e. The highest BCUT2D eigenvalue weighted by Crippen LogP contribution is 2.16. The Morgan fingerprint density at radius 3 is 0.929 bits per heavy atom. The van der Waals surface area contributed by atoms with Crippen molar-refractivity contribution in [1.82, 2.24) is 20.9 Å². The van der Waals surface area contributed by atoms with Crippen molar-refractivity contribution in [3.05, 3.63) is 0 Å². The van der Waals surface area contributed by atoms with Crippen molar-refractivity contribution in [2.75, 3.05) is 58.9 Å². The third-order valence-corrected chi connectivity index (χ3v) is 11.9. The van der Waals surface area contributed by atoms with Gasteiger partial charge in [-0.2, -0.15) is 0 Å². The fraction of sp³-hybridized carbons (Fsp3) is 0.980. The largest absolute Gasteiger partial charge is 0.343 e. The minimum atomic E-state index is 0.396. The van der Waals surface area contributed by atoms with Gasteiger partial charge >= 0.3 is 0 Å². The quantitative estimate of drug-likeness (QED) is 0.0461. The summed E-state index contributed by atoms with van der Waals surface area (Å²) in [4.78, 5) is 15.6. The van der Waals surface area contributed by atoms with Crippen LogP contribution in [0.4, 0.5) is 0 Å². The van der Waals surface area contributed by atoms with Crippen LogP contribution in [0, 0.1) is 0 Å². The molecule has 0 aromatic carbocycles. The Bertz CT molecular complexity index is 686. The van der Waals surface area contributed by atoms with Crippen LogP contribution < -0.4 is 21.7 Å². The summed E-state index contributed by atoms with van der Waals surface area (Å²) in [6.45, 7) is 13.6. The van der Waals surface area contributed by atoms with Gasteiger partial charge in [-0.05, 0) is 90.8 Å². The fourth-order valence-electron chi connectivity index (χ4n) is 8.03. The molecule has 0 saturated carbocycles. The molecule has 0 atom stereocenters. The van der Waals surface area contributed by atoms with E-state index in [1.165, 1.54) is 218 Å². The van der Waals surface area contributed by atoms with E-state index >= 15 is 0 Å². The van der Waals surface area contributed by atoms with Crippen LogP contribution in [0.15, 0.2) is 0 Å². The summed E-state index contributed by atoms with van der Waals surface area (Å²) in [6, 6.07) is 0. The number of rotatable bonds is 50. The number of unbranched alkanes of at least 4 members (excludes halogenated alkanes) is 31. The monoisotopic (exact) mass is 792 g/mol. The number of nitrogens with one attached hydrogen (secondary N) is 3. The molecule has 0 bridgehead atoms. The van der Waals surface area contributed by atoms with E-state index in [9.17, 15) is 4.79 Å². The number of nitrogens with two attached hydrogens (primary N) is 1. The minimum absolute atomic E-state index is 0.396. The van der Waals surface area contributed by atoms with Crippen molar-refractivity contribution in [2.24, 2.45) is 5.73 Å². The molecule has 0 unspecified atom stereocenters. The molecular formula is C50H105N5O. The van der Waals surface area contributed by atoms with E-state index in [0.29, 0.717) is 12.3 Å². The summed E-state index contributed by atoms with van der Waals surface area (Å²) < 4.78 is 0. The molecule has 0 aliphatic rings.